The van der Waals surface area contributed by atoms with Crippen molar-refractivity contribution in [3.05, 3.63) is 102 Å². The zero-order valence-corrected chi connectivity index (χ0v) is 22.8. The van der Waals surface area contributed by atoms with Crippen LogP contribution in [0.5, 0.6) is 0 Å². The second-order valence-corrected chi connectivity index (χ2v) is 12.4. The van der Waals surface area contributed by atoms with Crippen LogP contribution in [0, 0.1) is 12.8 Å². The maximum absolute atomic E-state index is 13.8. The first-order chi connectivity index (χ1) is 18.5. The average Bonchev–Trinajstić information content (AvgIpc) is 2.91. The minimum absolute atomic E-state index is 0.153. The number of carboxylic acids is 2. The van der Waals surface area contributed by atoms with Crippen molar-refractivity contribution >= 4 is 29.7 Å². The topological polar surface area (TPSA) is 154 Å². The Kier molecular flexibility index (Phi) is 10.6. The number of rotatable bonds is 15. The summed E-state index contributed by atoms with van der Waals surface area (Å²) < 4.78 is 55.2. The SMILES string of the molecule is Cc1ccc(S(=O)(=O)O[C@H](C[C@@H](CP(=O)(OCc2ccccc2)OCc2ccccc2)C(=O)O)C(=O)O)cc1. The number of carboxylic acid groups (broad SMARTS) is 2. The van der Waals surface area contributed by atoms with Crippen LogP contribution in [0.15, 0.2) is 89.8 Å². The van der Waals surface area contributed by atoms with Gasteiger partial charge >= 0.3 is 19.5 Å². The Morgan fingerprint density at radius 3 is 1.72 bits per heavy atom. The van der Waals surface area contributed by atoms with E-state index in [9.17, 15) is 32.8 Å². The van der Waals surface area contributed by atoms with Crippen LogP contribution >= 0.6 is 7.60 Å². The molecule has 0 saturated carbocycles. The lowest BCUT2D eigenvalue weighted by molar-refractivity contribution is -0.148. The molecule has 2 N–H and O–H groups in total. The summed E-state index contributed by atoms with van der Waals surface area (Å²) in [6.07, 6.45) is -3.57. The molecule has 39 heavy (non-hydrogen) atoms. The van der Waals surface area contributed by atoms with E-state index >= 15 is 0 Å². The third-order valence-corrected chi connectivity index (χ3v) is 8.93. The molecule has 2 atom stereocenters. The quantitative estimate of drug-likeness (QED) is 0.189. The first-order valence-electron chi connectivity index (χ1n) is 11.9. The lowest BCUT2D eigenvalue weighted by Crippen LogP contribution is -2.33. The van der Waals surface area contributed by atoms with Gasteiger partial charge in [0, 0.05) is 0 Å². The lowest BCUT2D eigenvalue weighted by atomic mass is 10.0. The summed E-state index contributed by atoms with van der Waals surface area (Å²) in [5.41, 5.74) is 2.09. The van der Waals surface area contributed by atoms with Gasteiger partial charge in [-0.2, -0.15) is 8.42 Å². The zero-order valence-electron chi connectivity index (χ0n) is 21.1. The van der Waals surface area contributed by atoms with Crippen LogP contribution in [0.3, 0.4) is 0 Å². The number of hydrogen-bond donors (Lipinski definition) is 2. The fourth-order valence-corrected chi connectivity index (χ4v) is 6.38. The van der Waals surface area contributed by atoms with E-state index in [1.54, 1.807) is 67.6 Å². The molecule has 208 valence electrons. The molecule has 0 bridgehead atoms. The van der Waals surface area contributed by atoms with Crippen molar-refractivity contribution in [2.45, 2.75) is 37.6 Å². The zero-order chi connectivity index (χ0) is 28.5. The highest BCUT2D eigenvalue weighted by Crippen LogP contribution is 2.52. The van der Waals surface area contributed by atoms with Crippen LogP contribution in [-0.2, 0) is 50.7 Å². The summed E-state index contributed by atoms with van der Waals surface area (Å²) in [4.78, 5) is 23.7. The molecule has 0 heterocycles. The molecule has 0 saturated heterocycles. The molecule has 0 spiro atoms. The van der Waals surface area contributed by atoms with E-state index in [-0.39, 0.29) is 18.1 Å². The lowest BCUT2D eigenvalue weighted by Gasteiger charge is -2.24. The van der Waals surface area contributed by atoms with Crippen molar-refractivity contribution < 1.29 is 46.0 Å². The van der Waals surface area contributed by atoms with Crippen LogP contribution in [-0.4, -0.2) is 42.8 Å². The molecular formula is C27H29O10PS. The van der Waals surface area contributed by atoms with Crippen molar-refractivity contribution in [3.63, 3.8) is 0 Å². The van der Waals surface area contributed by atoms with E-state index in [1.807, 2.05) is 0 Å². The summed E-state index contributed by atoms with van der Waals surface area (Å²) >= 11 is 0. The Bertz CT molecular complexity index is 1350. The number of aryl methyl sites for hydroxylation is 1. The van der Waals surface area contributed by atoms with Gasteiger partial charge in [0.05, 0.1) is 30.2 Å². The average molecular weight is 577 g/mol. The Hall–Kier alpha value is -3.34. The van der Waals surface area contributed by atoms with E-state index in [0.717, 1.165) is 5.56 Å². The molecule has 0 radical (unpaired) electrons. The minimum atomic E-state index is -4.53. The third-order valence-electron chi connectivity index (χ3n) is 5.66. The molecule has 0 aromatic heterocycles. The molecule has 0 unspecified atom stereocenters. The van der Waals surface area contributed by atoms with Gasteiger partial charge in [0.15, 0.2) is 6.10 Å². The number of aliphatic carboxylic acids is 2. The van der Waals surface area contributed by atoms with Crippen LogP contribution in [0.1, 0.15) is 23.1 Å². The van der Waals surface area contributed by atoms with Gasteiger partial charge in [-0.1, -0.05) is 78.4 Å². The highest BCUT2D eigenvalue weighted by molar-refractivity contribution is 7.86. The van der Waals surface area contributed by atoms with Crippen LogP contribution in [0.2, 0.25) is 0 Å². The number of benzene rings is 3. The standard InChI is InChI=1S/C27H29O10PS/c1-20-12-14-24(15-13-20)39(33,34)37-25(27(30)31)16-23(26(28)29)19-38(32,35-17-21-8-4-2-5-9-21)36-18-22-10-6-3-7-11-22/h2-15,23,25H,16-19H2,1H3,(H,28,29)(H,30,31)/t23-,25+/m0/s1. The van der Waals surface area contributed by atoms with E-state index < -0.39 is 54.3 Å². The van der Waals surface area contributed by atoms with Gasteiger partial charge in [0.2, 0.25) is 0 Å². The summed E-state index contributed by atoms with van der Waals surface area (Å²) in [7, 11) is -8.67. The van der Waals surface area contributed by atoms with Gasteiger partial charge in [-0.25, -0.2) is 4.79 Å². The van der Waals surface area contributed by atoms with Crippen molar-refractivity contribution in [2.75, 3.05) is 6.16 Å². The molecule has 0 aliphatic carbocycles. The first kappa shape index (κ1) is 30.2. The summed E-state index contributed by atoms with van der Waals surface area (Å²) in [5, 5.41) is 19.5. The van der Waals surface area contributed by atoms with Gasteiger partial charge in [-0.3, -0.25) is 13.5 Å². The van der Waals surface area contributed by atoms with Crippen LogP contribution in [0.25, 0.3) is 0 Å². The highest BCUT2D eigenvalue weighted by atomic mass is 32.2. The smallest absolute Gasteiger partial charge is 0.334 e. The molecular weight excluding hydrogens is 547 g/mol. The van der Waals surface area contributed by atoms with Gasteiger partial charge in [0.1, 0.15) is 0 Å². The molecule has 0 aliphatic rings. The Labute approximate surface area is 226 Å². The van der Waals surface area contributed by atoms with Crippen molar-refractivity contribution in [2.24, 2.45) is 5.92 Å². The fourth-order valence-electron chi connectivity index (χ4n) is 3.51. The second kappa shape index (κ2) is 13.6. The predicted molar refractivity (Wildman–Crippen MR) is 142 cm³/mol. The fraction of sp³-hybridized carbons (Fsp3) is 0.259. The van der Waals surface area contributed by atoms with Gasteiger partial charge in [0.25, 0.3) is 10.1 Å². The Morgan fingerprint density at radius 2 is 1.28 bits per heavy atom. The summed E-state index contributed by atoms with van der Waals surface area (Å²) in [5.74, 6) is -4.83. The van der Waals surface area contributed by atoms with Crippen molar-refractivity contribution in [3.8, 4) is 0 Å². The third kappa shape index (κ3) is 9.42. The van der Waals surface area contributed by atoms with E-state index in [4.69, 9.17) is 13.2 Å². The molecule has 0 aliphatic heterocycles. The monoisotopic (exact) mass is 576 g/mol. The molecule has 12 heteroatoms. The molecule has 3 aromatic carbocycles. The van der Waals surface area contributed by atoms with Gasteiger partial charge < -0.3 is 19.3 Å². The maximum Gasteiger partial charge on any atom is 0.334 e. The molecule has 3 aromatic rings. The largest absolute Gasteiger partial charge is 0.481 e. The second-order valence-electron chi connectivity index (χ2n) is 8.77. The normalized spacial score (nSPS) is 13.5. The molecule has 10 nitrogen and oxygen atoms in total. The maximum atomic E-state index is 13.8. The predicted octanol–water partition coefficient (Wildman–Crippen LogP) is 4.87. The van der Waals surface area contributed by atoms with Gasteiger partial charge in [-0.15, -0.1) is 0 Å². The van der Waals surface area contributed by atoms with Crippen LogP contribution < -0.4 is 0 Å². The summed E-state index contributed by atoms with van der Waals surface area (Å²) in [6, 6.07) is 23.0. The summed E-state index contributed by atoms with van der Waals surface area (Å²) in [6.45, 7) is 1.44. The Morgan fingerprint density at radius 1 is 0.795 bits per heavy atom. The van der Waals surface area contributed by atoms with E-state index in [1.165, 1.54) is 24.3 Å². The van der Waals surface area contributed by atoms with Crippen molar-refractivity contribution in [1.29, 1.82) is 0 Å². The number of hydrogen-bond acceptors (Lipinski definition) is 8. The van der Waals surface area contributed by atoms with Gasteiger partial charge in [-0.05, 0) is 36.6 Å². The van der Waals surface area contributed by atoms with E-state index in [2.05, 4.69) is 0 Å². The first-order valence-corrected chi connectivity index (χ1v) is 15.0. The minimum Gasteiger partial charge on any atom is -0.481 e. The van der Waals surface area contributed by atoms with E-state index in [0.29, 0.717) is 11.1 Å². The molecule has 0 fully saturated rings. The Balaban J connectivity index is 1.81. The highest BCUT2D eigenvalue weighted by Gasteiger charge is 2.38. The number of carbonyl (C=O) groups is 2. The van der Waals surface area contributed by atoms with Crippen LogP contribution in [0.4, 0.5) is 0 Å². The molecule has 0 amide bonds. The molecule has 3 rings (SSSR count). The van der Waals surface area contributed by atoms with Crippen molar-refractivity contribution in [1.82, 2.24) is 0 Å².